The fourth-order valence-corrected chi connectivity index (χ4v) is 3.86. The zero-order chi connectivity index (χ0) is 19.4. The molecule has 0 spiro atoms. The Morgan fingerprint density at radius 1 is 1.11 bits per heavy atom. The molecule has 1 fully saturated rings. The molecular formula is C18H20N4O4S. The van der Waals surface area contributed by atoms with Crippen molar-refractivity contribution in [1.29, 1.82) is 0 Å². The summed E-state index contributed by atoms with van der Waals surface area (Å²) in [5.41, 5.74) is 6.72. The maximum absolute atomic E-state index is 12.6. The summed E-state index contributed by atoms with van der Waals surface area (Å²) in [4.78, 5) is 38.9. The third-order valence-corrected chi connectivity index (χ3v) is 5.36. The van der Waals surface area contributed by atoms with Gasteiger partial charge < -0.3 is 20.7 Å². The lowest BCUT2D eigenvalue weighted by atomic mass is 10.1. The normalized spacial score (nSPS) is 13.9. The van der Waals surface area contributed by atoms with E-state index in [1.54, 1.807) is 36.1 Å². The van der Waals surface area contributed by atoms with E-state index in [0.29, 0.717) is 42.4 Å². The predicted molar refractivity (Wildman–Crippen MR) is 103 cm³/mol. The summed E-state index contributed by atoms with van der Waals surface area (Å²) in [6, 6.07) is 8.63. The molecule has 4 amide bonds. The van der Waals surface area contributed by atoms with Crippen molar-refractivity contribution in [2.75, 3.05) is 36.9 Å². The van der Waals surface area contributed by atoms with Crippen LogP contribution in [0.15, 0.2) is 30.3 Å². The van der Waals surface area contributed by atoms with Gasteiger partial charge in [-0.15, -0.1) is 11.3 Å². The molecule has 9 heteroatoms. The van der Waals surface area contributed by atoms with Crippen LogP contribution in [0.25, 0.3) is 0 Å². The number of anilines is 2. The molecule has 1 aromatic heterocycles. The fourth-order valence-electron chi connectivity index (χ4n) is 2.77. The SMILES string of the molecule is Cc1c(C(=O)Nc2ccccc2)sc(NC(=O)N2CCOCC2)c1C(N)=O. The number of carbonyl (C=O) groups excluding carboxylic acids is 3. The number of para-hydroxylation sites is 1. The Morgan fingerprint density at radius 3 is 2.41 bits per heavy atom. The number of morpholine rings is 1. The van der Waals surface area contributed by atoms with Crippen molar-refractivity contribution in [3.63, 3.8) is 0 Å². The highest BCUT2D eigenvalue weighted by Crippen LogP contribution is 2.33. The molecule has 4 N–H and O–H groups in total. The topological polar surface area (TPSA) is 114 Å². The Hall–Kier alpha value is -2.91. The van der Waals surface area contributed by atoms with E-state index in [4.69, 9.17) is 10.5 Å². The van der Waals surface area contributed by atoms with E-state index in [2.05, 4.69) is 10.6 Å². The van der Waals surface area contributed by atoms with E-state index < -0.39 is 5.91 Å². The van der Waals surface area contributed by atoms with E-state index >= 15 is 0 Å². The van der Waals surface area contributed by atoms with Crippen LogP contribution in [0.2, 0.25) is 0 Å². The maximum atomic E-state index is 12.6. The first kappa shape index (κ1) is 18.9. The van der Waals surface area contributed by atoms with Crippen molar-refractivity contribution in [2.45, 2.75) is 6.92 Å². The van der Waals surface area contributed by atoms with E-state index in [-0.39, 0.29) is 22.5 Å². The molecular weight excluding hydrogens is 368 g/mol. The van der Waals surface area contributed by atoms with Crippen molar-refractivity contribution < 1.29 is 19.1 Å². The summed E-state index contributed by atoms with van der Waals surface area (Å²) in [6.07, 6.45) is 0. The average Bonchev–Trinajstić information content (AvgIpc) is 2.99. The van der Waals surface area contributed by atoms with Crippen LogP contribution in [0.5, 0.6) is 0 Å². The van der Waals surface area contributed by atoms with Crippen LogP contribution in [-0.4, -0.2) is 49.0 Å². The van der Waals surface area contributed by atoms with Gasteiger partial charge in [-0.25, -0.2) is 4.79 Å². The van der Waals surface area contributed by atoms with Gasteiger partial charge in [-0.2, -0.15) is 0 Å². The van der Waals surface area contributed by atoms with Gasteiger partial charge in [-0.3, -0.25) is 14.9 Å². The van der Waals surface area contributed by atoms with Crippen LogP contribution >= 0.6 is 11.3 Å². The Labute approximate surface area is 160 Å². The molecule has 0 atom stereocenters. The second kappa shape index (κ2) is 8.19. The first-order valence-corrected chi connectivity index (χ1v) is 9.22. The molecule has 1 aromatic carbocycles. The van der Waals surface area contributed by atoms with Crippen molar-refractivity contribution in [2.24, 2.45) is 5.73 Å². The average molecular weight is 388 g/mol. The van der Waals surface area contributed by atoms with Gasteiger partial charge in [0.2, 0.25) is 0 Å². The highest BCUT2D eigenvalue weighted by Gasteiger charge is 2.26. The summed E-state index contributed by atoms with van der Waals surface area (Å²) in [7, 11) is 0. The van der Waals surface area contributed by atoms with E-state index in [9.17, 15) is 14.4 Å². The molecule has 0 radical (unpaired) electrons. The van der Waals surface area contributed by atoms with E-state index in [1.165, 1.54) is 0 Å². The molecule has 27 heavy (non-hydrogen) atoms. The van der Waals surface area contributed by atoms with E-state index in [1.807, 2.05) is 6.07 Å². The summed E-state index contributed by atoms with van der Waals surface area (Å²) >= 11 is 1.03. The number of primary amides is 1. The molecule has 142 valence electrons. The molecule has 2 heterocycles. The molecule has 3 rings (SSSR count). The third kappa shape index (κ3) is 4.26. The van der Waals surface area contributed by atoms with Crippen molar-refractivity contribution in [3.05, 3.63) is 46.3 Å². The van der Waals surface area contributed by atoms with Crippen molar-refractivity contribution in [1.82, 2.24) is 4.90 Å². The molecule has 0 aliphatic carbocycles. The van der Waals surface area contributed by atoms with Gasteiger partial charge in [-0.1, -0.05) is 18.2 Å². The van der Waals surface area contributed by atoms with Gasteiger partial charge in [-0.05, 0) is 24.6 Å². The quantitative estimate of drug-likeness (QED) is 0.745. The first-order valence-electron chi connectivity index (χ1n) is 8.40. The van der Waals surface area contributed by atoms with Crippen molar-refractivity contribution in [3.8, 4) is 0 Å². The number of nitrogens with one attached hydrogen (secondary N) is 2. The lowest BCUT2D eigenvalue weighted by Gasteiger charge is -2.26. The number of thiophene rings is 1. The number of benzene rings is 1. The predicted octanol–water partition coefficient (Wildman–Crippen LogP) is 2.27. The van der Waals surface area contributed by atoms with Crippen LogP contribution in [0, 0.1) is 6.92 Å². The molecule has 0 bridgehead atoms. The Morgan fingerprint density at radius 2 is 1.78 bits per heavy atom. The summed E-state index contributed by atoms with van der Waals surface area (Å²) in [5, 5.41) is 5.76. The zero-order valence-corrected chi connectivity index (χ0v) is 15.6. The Kier molecular flexibility index (Phi) is 5.72. The first-order chi connectivity index (χ1) is 13.0. The maximum Gasteiger partial charge on any atom is 0.322 e. The lowest BCUT2D eigenvalue weighted by Crippen LogP contribution is -2.43. The smallest absolute Gasteiger partial charge is 0.322 e. The minimum Gasteiger partial charge on any atom is -0.378 e. The number of hydrogen-bond acceptors (Lipinski definition) is 5. The molecule has 8 nitrogen and oxygen atoms in total. The summed E-state index contributed by atoms with van der Waals surface area (Å²) in [5.74, 6) is -1.06. The minimum atomic E-state index is -0.695. The highest BCUT2D eigenvalue weighted by molar-refractivity contribution is 7.19. The highest BCUT2D eigenvalue weighted by atomic mass is 32.1. The van der Waals surface area contributed by atoms with Crippen LogP contribution in [0.4, 0.5) is 15.5 Å². The second-order valence-corrected chi connectivity index (χ2v) is 6.99. The second-order valence-electron chi connectivity index (χ2n) is 5.97. The Bertz CT molecular complexity index is 860. The van der Waals surface area contributed by atoms with Gasteiger partial charge in [0.1, 0.15) is 5.00 Å². The minimum absolute atomic E-state index is 0.153. The van der Waals surface area contributed by atoms with Crippen LogP contribution < -0.4 is 16.4 Å². The largest absolute Gasteiger partial charge is 0.378 e. The number of carbonyl (C=O) groups is 3. The number of ether oxygens (including phenoxy) is 1. The molecule has 0 saturated carbocycles. The number of rotatable bonds is 4. The summed E-state index contributed by atoms with van der Waals surface area (Å²) in [6.45, 7) is 3.49. The number of amides is 4. The monoisotopic (exact) mass is 388 g/mol. The number of urea groups is 1. The van der Waals surface area contributed by atoms with Gasteiger partial charge in [0.25, 0.3) is 11.8 Å². The van der Waals surface area contributed by atoms with Gasteiger partial charge >= 0.3 is 6.03 Å². The molecule has 0 unspecified atom stereocenters. The molecule has 1 saturated heterocycles. The van der Waals surface area contributed by atoms with E-state index in [0.717, 1.165) is 11.3 Å². The van der Waals surface area contributed by atoms with Crippen LogP contribution in [-0.2, 0) is 4.74 Å². The third-order valence-electron chi connectivity index (χ3n) is 4.15. The fraction of sp³-hybridized carbons (Fsp3) is 0.278. The zero-order valence-electron chi connectivity index (χ0n) is 14.8. The van der Waals surface area contributed by atoms with Crippen LogP contribution in [0.1, 0.15) is 25.6 Å². The van der Waals surface area contributed by atoms with Gasteiger partial charge in [0, 0.05) is 18.8 Å². The standard InChI is InChI=1S/C18H20N4O4S/c1-11-13(15(19)23)17(21-18(25)22-7-9-26-10-8-22)27-14(11)16(24)20-12-5-3-2-4-6-12/h2-6H,7-10H2,1H3,(H2,19,23)(H,20,24)(H,21,25). The molecule has 1 aliphatic heterocycles. The molecule has 2 aromatic rings. The Balaban J connectivity index is 1.83. The van der Waals surface area contributed by atoms with Gasteiger partial charge in [0.15, 0.2) is 0 Å². The number of nitrogens with zero attached hydrogens (tertiary/aromatic N) is 1. The number of nitrogens with two attached hydrogens (primary N) is 1. The van der Waals surface area contributed by atoms with Crippen molar-refractivity contribution >= 4 is 39.9 Å². The van der Waals surface area contributed by atoms with Crippen LogP contribution in [0.3, 0.4) is 0 Å². The van der Waals surface area contributed by atoms with Gasteiger partial charge in [0.05, 0.1) is 23.7 Å². The number of hydrogen-bond donors (Lipinski definition) is 3. The summed E-state index contributed by atoms with van der Waals surface area (Å²) < 4.78 is 5.23. The molecule has 1 aliphatic rings. The lowest BCUT2D eigenvalue weighted by molar-refractivity contribution is 0.0565.